The van der Waals surface area contributed by atoms with Gasteiger partial charge in [0.15, 0.2) is 5.49 Å². The maximum Gasteiger partial charge on any atom is 0.258 e. The van der Waals surface area contributed by atoms with Crippen LogP contribution in [0.25, 0.3) is 17.6 Å². The zero-order valence-corrected chi connectivity index (χ0v) is 17.1. The van der Waals surface area contributed by atoms with Gasteiger partial charge in [0, 0.05) is 25.5 Å². The number of nitrogens with zero attached hydrogens (tertiary/aromatic N) is 4. The van der Waals surface area contributed by atoms with Crippen LogP contribution in [0.5, 0.6) is 11.6 Å². The smallest absolute Gasteiger partial charge is 0.258 e. The molecule has 0 spiro atoms. The number of ether oxygens (including phenoxy) is 2. The van der Waals surface area contributed by atoms with Gasteiger partial charge in [0.2, 0.25) is 0 Å². The van der Waals surface area contributed by atoms with E-state index in [0.717, 1.165) is 12.2 Å². The van der Waals surface area contributed by atoms with Gasteiger partial charge in [-0.25, -0.2) is 9.97 Å². The molecule has 1 N–H and O–H groups in total. The third kappa shape index (κ3) is 4.86. The topological polar surface area (TPSA) is 73.6 Å². The molecule has 28 heavy (non-hydrogen) atoms. The minimum absolute atomic E-state index is 0.106. The van der Waals surface area contributed by atoms with E-state index in [1.54, 1.807) is 31.0 Å². The highest BCUT2D eigenvalue weighted by molar-refractivity contribution is 5.63. The standard InChI is InChI=1S/C21H29N5O2/c1-7-10-13-28-21-20(22-5)26(9-3)14-17(25-21)19-18(27-6)12-11-16(24-19)15(4)23-8-2/h7,9,11-12,14-15,23H,1,3,8,10,13H2,2,4-6H3. The molecule has 1 unspecified atom stereocenters. The third-order valence-electron chi connectivity index (χ3n) is 4.18. The molecule has 0 aliphatic heterocycles. The van der Waals surface area contributed by atoms with Crippen LogP contribution in [0.3, 0.4) is 0 Å². The van der Waals surface area contributed by atoms with Gasteiger partial charge in [-0.05, 0) is 32.0 Å². The minimum Gasteiger partial charge on any atom is -0.494 e. The van der Waals surface area contributed by atoms with E-state index in [1.165, 1.54) is 0 Å². The van der Waals surface area contributed by atoms with Crippen molar-refractivity contribution in [2.75, 3.05) is 27.3 Å². The van der Waals surface area contributed by atoms with Gasteiger partial charge in [-0.1, -0.05) is 19.6 Å². The Morgan fingerprint density at radius 1 is 1.32 bits per heavy atom. The number of pyridine rings is 1. The SMILES string of the molecule is C=CCCOc1nc(-c2nc(C(C)NCC)ccc2OC)cn(C=C)c1=NC. The molecule has 0 fully saturated rings. The molecule has 7 nitrogen and oxygen atoms in total. The zero-order valence-electron chi connectivity index (χ0n) is 17.1. The Bertz CT molecular complexity index is 889. The van der Waals surface area contributed by atoms with Gasteiger partial charge < -0.3 is 19.4 Å². The molecule has 0 radical (unpaired) electrons. The first-order valence-corrected chi connectivity index (χ1v) is 9.30. The molecule has 2 heterocycles. The lowest BCUT2D eigenvalue weighted by atomic mass is 10.1. The average Bonchev–Trinajstić information content (AvgIpc) is 2.72. The van der Waals surface area contributed by atoms with E-state index in [4.69, 9.17) is 14.5 Å². The van der Waals surface area contributed by atoms with E-state index < -0.39 is 0 Å². The zero-order chi connectivity index (χ0) is 20.5. The number of hydrogen-bond acceptors (Lipinski definition) is 6. The number of nitrogens with one attached hydrogen (secondary N) is 1. The Kier molecular flexibility index (Phi) is 7.95. The Balaban J connectivity index is 2.62. The second-order valence-electron chi connectivity index (χ2n) is 6.06. The molecule has 0 bridgehead atoms. The van der Waals surface area contributed by atoms with Crippen LogP contribution in [-0.4, -0.2) is 41.8 Å². The van der Waals surface area contributed by atoms with Crippen LogP contribution in [0.2, 0.25) is 0 Å². The highest BCUT2D eigenvalue weighted by Crippen LogP contribution is 2.28. The molecular weight excluding hydrogens is 354 g/mol. The molecule has 0 aliphatic rings. The van der Waals surface area contributed by atoms with Gasteiger partial charge in [-0.15, -0.1) is 6.58 Å². The van der Waals surface area contributed by atoms with Crippen LogP contribution in [0.1, 0.15) is 32.0 Å². The van der Waals surface area contributed by atoms with Gasteiger partial charge in [0.05, 0.1) is 19.4 Å². The van der Waals surface area contributed by atoms with Crippen LogP contribution in [0.15, 0.2) is 42.6 Å². The van der Waals surface area contributed by atoms with Crippen LogP contribution >= 0.6 is 0 Å². The summed E-state index contributed by atoms with van der Waals surface area (Å²) in [6.45, 7) is 13.0. The summed E-state index contributed by atoms with van der Waals surface area (Å²) in [5.41, 5.74) is 2.74. The van der Waals surface area contributed by atoms with Gasteiger partial charge in [-0.2, -0.15) is 0 Å². The van der Waals surface area contributed by atoms with Gasteiger partial charge >= 0.3 is 0 Å². The molecule has 150 valence electrons. The highest BCUT2D eigenvalue weighted by atomic mass is 16.5. The van der Waals surface area contributed by atoms with Crippen LogP contribution in [0, 0.1) is 0 Å². The summed E-state index contributed by atoms with van der Waals surface area (Å²) >= 11 is 0. The molecule has 0 saturated carbocycles. The van der Waals surface area contributed by atoms with Crippen molar-refractivity contribution in [3.05, 3.63) is 48.7 Å². The summed E-state index contributed by atoms with van der Waals surface area (Å²) in [6, 6.07) is 3.96. The third-order valence-corrected chi connectivity index (χ3v) is 4.18. The lowest BCUT2D eigenvalue weighted by Crippen LogP contribution is -2.22. The quantitative estimate of drug-likeness (QED) is 0.504. The molecule has 2 aromatic rings. The molecule has 0 aliphatic carbocycles. The molecule has 1 atom stereocenters. The first kappa shape index (κ1) is 21.4. The van der Waals surface area contributed by atoms with Crippen LogP contribution in [0.4, 0.5) is 0 Å². The van der Waals surface area contributed by atoms with E-state index in [0.29, 0.717) is 41.5 Å². The predicted molar refractivity (Wildman–Crippen MR) is 112 cm³/mol. The number of rotatable bonds is 10. The molecule has 7 heteroatoms. The van der Waals surface area contributed by atoms with Crippen molar-refractivity contribution in [3.8, 4) is 23.0 Å². The number of methoxy groups -OCH3 is 1. The van der Waals surface area contributed by atoms with Gasteiger partial charge in [-0.3, -0.25) is 4.99 Å². The Labute approximate surface area is 166 Å². The van der Waals surface area contributed by atoms with Crippen LogP contribution < -0.4 is 20.3 Å². The van der Waals surface area contributed by atoms with Crippen molar-refractivity contribution in [1.29, 1.82) is 0 Å². The van der Waals surface area contributed by atoms with Crippen LogP contribution in [-0.2, 0) is 0 Å². The van der Waals surface area contributed by atoms with Gasteiger partial charge in [0.1, 0.15) is 17.1 Å². The van der Waals surface area contributed by atoms with Crippen molar-refractivity contribution in [2.24, 2.45) is 4.99 Å². The summed E-state index contributed by atoms with van der Waals surface area (Å²) in [6.07, 6.45) is 5.98. The monoisotopic (exact) mass is 383 g/mol. The van der Waals surface area contributed by atoms with Crippen molar-refractivity contribution >= 4 is 6.20 Å². The minimum atomic E-state index is 0.106. The molecule has 0 aromatic carbocycles. The van der Waals surface area contributed by atoms with E-state index >= 15 is 0 Å². The summed E-state index contributed by atoms with van der Waals surface area (Å²) in [4.78, 5) is 13.8. The van der Waals surface area contributed by atoms with E-state index in [2.05, 4.69) is 42.3 Å². The Hall–Kier alpha value is -2.93. The molecule has 0 saturated heterocycles. The first-order valence-electron chi connectivity index (χ1n) is 9.30. The number of aromatic nitrogens is 3. The second kappa shape index (κ2) is 10.4. The number of hydrogen-bond donors (Lipinski definition) is 1. The van der Waals surface area contributed by atoms with E-state index in [-0.39, 0.29) is 6.04 Å². The van der Waals surface area contributed by atoms with Crippen molar-refractivity contribution < 1.29 is 9.47 Å². The summed E-state index contributed by atoms with van der Waals surface area (Å²) in [5, 5.41) is 3.37. The van der Waals surface area contributed by atoms with E-state index in [1.807, 2.05) is 18.3 Å². The fraction of sp³-hybridized carbons (Fsp3) is 0.381. The Morgan fingerprint density at radius 2 is 2.11 bits per heavy atom. The fourth-order valence-corrected chi connectivity index (χ4v) is 2.75. The lowest BCUT2D eigenvalue weighted by molar-refractivity contribution is 0.305. The molecule has 0 amide bonds. The Morgan fingerprint density at radius 3 is 2.71 bits per heavy atom. The predicted octanol–water partition coefficient (Wildman–Crippen LogP) is 3.21. The highest BCUT2D eigenvalue weighted by Gasteiger charge is 2.16. The summed E-state index contributed by atoms with van der Waals surface area (Å²) in [7, 11) is 3.31. The second-order valence-corrected chi connectivity index (χ2v) is 6.06. The van der Waals surface area contributed by atoms with Crippen molar-refractivity contribution in [2.45, 2.75) is 26.3 Å². The summed E-state index contributed by atoms with van der Waals surface area (Å²) in [5.74, 6) is 1.05. The fourth-order valence-electron chi connectivity index (χ4n) is 2.75. The molecule has 2 aromatic heterocycles. The van der Waals surface area contributed by atoms with E-state index in [9.17, 15) is 0 Å². The largest absolute Gasteiger partial charge is 0.494 e. The van der Waals surface area contributed by atoms with Crippen molar-refractivity contribution in [3.63, 3.8) is 0 Å². The first-order chi connectivity index (χ1) is 13.6. The maximum atomic E-state index is 5.84. The molecular formula is C21H29N5O2. The molecule has 2 rings (SSSR count). The summed E-state index contributed by atoms with van der Waals surface area (Å²) < 4.78 is 13.1. The average molecular weight is 383 g/mol. The maximum absolute atomic E-state index is 5.84. The van der Waals surface area contributed by atoms with Crippen molar-refractivity contribution in [1.82, 2.24) is 19.9 Å². The normalized spacial score (nSPS) is 12.5. The lowest BCUT2D eigenvalue weighted by Gasteiger charge is -2.16. The van der Waals surface area contributed by atoms with Gasteiger partial charge in [0.25, 0.3) is 5.88 Å².